The van der Waals surface area contributed by atoms with Gasteiger partial charge in [-0.2, -0.15) is 0 Å². The summed E-state index contributed by atoms with van der Waals surface area (Å²) in [7, 11) is 0. The molecule has 1 saturated carbocycles. The van der Waals surface area contributed by atoms with Gasteiger partial charge in [0.05, 0.1) is 11.0 Å². The molecule has 0 spiro atoms. The molecule has 1 aliphatic rings. The minimum atomic E-state index is -0.500. The number of hydrogen-bond donors (Lipinski definition) is 0. The highest BCUT2D eigenvalue weighted by molar-refractivity contribution is 5.71. The highest BCUT2D eigenvalue weighted by Gasteiger charge is 2.16. The third kappa shape index (κ3) is 5.35. The van der Waals surface area contributed by atoms with Crippen molar-refractivity contribution in [3.05, 3.63) is 34.4 Å². The third-order valence-electron chi connectivity index (χ3n) is 3.74. The van der Waals surface area contributed by atoms with Crippen LogP contribution in [-0.4, -0.2) is 23.6 Å². The Morgan fingerprint density at radius 2 is 1.86 bits per heavy atom. The molecular weight excluding hydrogens is 286 g/mol. The maximum absolute atomic E-state index is 11.8. The lowest BCUT2D eigenvalue weighted by Crippen LogP contribution is -2.23. The van der Waals surface area contributed by atoms with Gasteiger partial charge in [-0.25, -0.2) is 4.79 Å². The summed E-state index contributed by atoms with van der Waals surface area (Å²) in [5, 5.41) is 10.7. The van der Waals surface area contributed by atoms with Gasteiger partial charge >= 0.3 is 5.97 Å². The lowest BCUT2D eigenvalue weighted by Gasteiger charge is -2.20. The molecule has 0 amide bonds. The molecule has 0 aliphatic heterocycles. The minimum Gasteiger partial charge on any atom is -0.482 e. The van der Waals surface area contributed by atoms with Crippen LogP contribution in [0.15, 0.2) is 24.3 Å². The summed E-state index contributed by atoms with van der Waals surface area (Å²) in [5.74, 6) is -0.124. The molecule has 1 fully saturated rings. The van der Waals surface area contributed by atoms with Gasteiger partial charge in [0.1, 0.15) is 11.9 Å². The summed E-state index contributed by atoms with van der Waals surface area (Å²) in [5.41, 5.74) is -0.0640. The van der Waals surface area contributed by atoms with E-state index >= 15 is 0 Å². The van der Waals surface area contributed by atoms with Crippen LogP contribution in [0.1, 0.15) is 44.9 Å². The van der Waals surface area contributed by atoms with Gasteiger partial charge in [-0.1, -0.05) is 25.3 Å². The molecule has 0 bridgehead atoms. The van der Waals surface area contributed by atoms with Crippen LogP contribution in [0.2, 0.25) is 0 Å². The molecule has 1 aromatic rings. The van der Waals surface area contributed by atoms with Crippen molar-refractivity contribution in [1.82, 2.24) is 0 Å². The van der Waals surface area contributed by atoms with Crippen molar-refractivity contribution < 1.29 is 19.2 Å². The number of ether oxygens (including phenoxy) is 2. The van der Waals surface area contributed by atoms with E-state index in [1.807, 2.05) is 0 Å². The van der Waals surface area contributed by atoms with E-state index in [1.54, 1.807) is 6.07 Å². The predicted molar refractivity (Wildman–Crippen MR) is 80.8 cm³/mol. The molecule has 0 unspecified atom stereocenters. The quantitative estimate of drug-likeness (QED) is 0.471. The van der Waals surface area contributed by atoms with E-state index in [-0.39, 0.29) is 18.4 Å². The van der Waals surface area contributed by atoms with Gasteiger partial charge in [0.2, 0.25) is 0 Å². The van der Waals surface area contributed by atoms with E-state index < -0.39 is 10.9 Å². The highest BCUT2D eigenvalue weighted by Crippen LogP contribution is 2.21. The summed E-state index contributed by atoms with van der Waals surface area (Å²) < 4.78 is 10.7. The maximum atomic E-state index is 11.8. The van der Waals surface area contributed by atoms with E-state index in [2.05, 4.69) is 0 Å². The molecular formula is C16H21NO5. The Hall–Kier alpha value is -2.11. The molecule has 6 heteroatoms. The standard InChI is InChI=1S/C16H21NO5/c18-16(22-14-8-4-2-1-3-5-9-14)12-21-15-10-6-7-13(11-15)17(19)20/h6-7,10-11,14H,1-5,8-9,12H2. The first-order chi connectivity index (χ1) is 10.6. The first-order valence-electron chi connectivity index (χ1n) is 7.72. The monoisotopic (exact) mass is 307 g/mol. The number of esters is 1. The third-order valence-corrected chi connectivity index (χ3v) is 3.74. The summed E-state index contributed by atoms with van der Waals surface area (Å²) in [6, 6.07) is 5.77. The fraction of sp³-hybridized carbons (Fsp3) is 0.562. The number of carbonyl (C=O) groups is 1. The molecule has 0 aromatic heterocycles. The van der Waals surface area contributed by atoms with E-state index in [4.69, 9.17) is 9.47 Å². The fourth-order valence-electron chi connectivity index (χ4n) is 2.59. The Labute approximate surface area is 129 Å². The van der Waals surface area contributed by atoms with E-state index in [9.17, 15) is 14.9 Å². The number of rotatable bonds is 5. The minimum absolute atomic E-state index is 0.0264. The van der Waals surface area contributed by atoms with Crippen LogP contribution >= 0.6 is 0 Å². The second kappa shape index (κ2) is 8.36. The summed E-state index contributed by atoms with van der Waals surface area (Å²) in [4.78, 5) is 22.0. The van der Waals surface area contributed by atoms with Gasteiger partial charge < -0.3 is 9.47 Å². The fourth-order valence-corrected chi connectivity index (χ4v) is 2.59. The van der Waals surface area contributed by atoms with Gasteiger partial charge in [-0.15, -0.1) is 0 Å². The first kappa shape index (κ1) is 16.3. The molecule has 2 rings (SSSR count). The van der Waals surface area contributed by atoms with Crippen molar-refractivity contribution in [2.24, 2.45) is 0 Å². The lowest BCUT2D eigenvalue weighted by atomic mass is 9.99. The number of benzene rings is 1. The summed E-state index contributed by atoms with van der Waals surface area (Å²) in [6.07, 6.45) is 7.60. The maximum Gasteiger partial charge on any atom is 0.344 e. The van der Waals surface area contributed by atoms with Gasteiger partial charge in [-0.05, 0) is 31.7 Å². The molecule has 0 N–H and O–H groups in total. The molecule has 1 aliphatic carbocycles. The number of carbonyl (C=O) groups excluding carboxylic acids is 1. The first-order valence-corrected chi connectivity index (χ1v) is 7.72. The van der Waals surface area contributed by atoms with Gasteiger partial charge in [0, 0.05) is 6.07 Å². The topological polar surface area (TPSA) is 78.7 Å². The smallest absolute Gasteiger partial charge is 0.344 e. The second-order valence-electron chi connectivity index (χ2n) is 5.50. The van der Waals surface area contributed by atoms with Crippen LogP contribution in [0.4, 0.5) is 5.69 Å². The van der Waals surface area contributed by atoms with Crippen molar-refractivity contribution in [2.75, 3.05) is 6.61 Å². The summed E-state index contributed by atoms with van der Waals surface area (Å²) >= 11 is 0. The molecule has 0 radical (unpaired) electrons. The zero-order valence-corrected chi connectivity index (χ0v) is 12.5. The van der Waals surface area contributed by atoms with E-state index in [0.717, 1.165) is 25.7 Å². The van der Waals surface area contributed by atoms with Crippen molar-refractivity contribution in [1.29, 1.82) is 0 Å². The number of nitrogens with zero attached hydrogens (tertiary/aromatic N) is 1. The van der Waals surface area contributed by atoms with Crippen molar-refractivity contribution in [3.8, 4) is 5.75 Å². The predicted octanol–water partition coefficient (Wildman–Crippen LogP) is 3.63. The van der Waals surface area contributed by atoms with Gasteiger partial charge in [0.25, 0.3) is 5.69 Å². The Bertz CT molecular complexity index is 509. The molecule has 0 atom stereocenters. The number of nitro groups is 1. The molecule has 0 saturated heterocycles. The van der Waals surface area contributed by atoms with E-state index in [0.29, 0.717) is 5.75 Å². The van der Waals surface area contributed by atoms with E-state index in [1.165, 1.54) is 37.5 Å². The van der Waals surface area contributed by atoms with Crippen LogP contribution in [0.5, 0.6) is 5.75 Å². The van der Waals surface area contributed by atoms with Gasteiger partial charge in [0.15, 0.2) is 6.61 Å². The van der Waals surface area contributed by atoms with Crippen LogP contribution in [0.3, 0.4) is 0 Å². The molecule has 0 heterocycles. The number of nitro benzene ring substituents is 1. The number of non-ortho nitro benzene ring substituents is 1. The second-order valence-corrected chi connectivity index (χ2v) is 5.50. The van der Waals surface area contributed by atoms with Crippen molar-refractivity contribution in [3.63, 3.8) is 0 Å². The Morgan fingerprint density at radius 3 is 2.55 bits per heavy atom. The lowest BCUT2D eigenvalue weighted by molar-refractivity contribution is -0.384. The van der Waals surface area contributed by atoms with Crippen molar-refractivity contribution >= 4 is 11.7 Å². The number of hydrogen-bond acceptors (Lipinski definition) is 5. The van der Waals surface area contributed by atoms with Crippen LogP contribution < -0.4 is 4.74 Å². The zero-order valence-electron chi connectivity index (χ0n) is 12.5. The molecule has 6 nitrogen and oxygen atoms in total. The van der Waals surface area contributed by atoms with Crippen LogP contribution in [0, 0.1) is 10.1 Å². The Morgan fingerprint density at radius 1 is 1.18 bits per heavy atom. The molecule has 22 heavy (non-hydrogen) atoms. The van der Waals surface area contributed by atoms with Crippen LogP contribution in [0.25, 0.3) is 0 Å². The van der Waals surface area contributed by atoms with Crippen LogP contribution in [-0.2, 0) is 9.53 Å². The summed E-state index contributed by atoms with van der Waals surface area (Å²) in [6.45, 7) is -0.225. The largest absolute Gasteiger partial charge is 0.482 e. The zero-order chi connectivity index (χ0) is 15.8. The van der Waals surface area contributed by atoms with Crippen molar-refractivity contribution in [2.45, 2.75) is 51.0 Å². The van der Waals surface area contributed by atoms with Gasteiger partial charge in [-0.3, -0.25) is 10.1 Å². The Balaban J connectivity index is 1.79. The average molecular weight is 307 g/mol. The average Bonchev–Trinajstić information content (AvgIpc) is 2.48. The molecule has 1 aromatic carbocycles. The SMILES string of the molecule is O=C(COc1cccc([N+](=O)[O-])c1)OC1CCCCCCC1. The highest BCUT2D eigenvalue weighted by atomic mass is 16.6. The Kier molecular flexibility index (Phi) is 6.18. The molecule has 120 valence electrons. The normalized spacial score (nSPS) is 16.4.